The minimum Gasteiger partial charge on any atom is -0.479 e. The first-order valence-electron chi connectivity index (χ1n) is 9.60. The van der Waals surface area contributed by atoms with Crippen molar-refractivity contribution in [2.45, 2.75) is 39.7 Å². The van der Waals surface area contributed by atoms with E-state index in [-0.39, 0.29) is 11.8 Å². The number of amides is 2. The largest absolute Gasteiger partial charge is 0.479 e. The summed E-state index contributed by atoms with van der Waals surface area (Å²) < 4.78 is 5.65. The van der Waals surface area contributed by atoms with Crippen LogP contribution in [0.2, 0.25) is 0 Å². The molecule has 0 bridgehead atoms. The predicted octanol–water partition coefficient (Wildman–Crippen LogP) is 4.60. The fraction of sp³-hybridized carbons (Fsp3) is 0.304. The Balaban J connectivity index is 1.71. The van der Waals surface area contributed by atoms with Gasteiger partial charge in [-0.05, 0) is 55.2 Å². The summed E-state index contributed by atoms with van der Waals surface area (Å²) in [6.45, 7) is 8.50. The van der Waals surface area contributed by atoms with Crippen LogP contribution in [0.4, 0.5) is 11.4 Å². The lowest BCUT2D eigenvalue weighted by Gasteiger charge is -2.32. The second kappa shape index (κ2) is 8.30. The van der Waals surface area contributed by atoms with E-state index >= 15 is 0 Å². The quantitative estimate of drug-likeness (QED) is 0.774. The summed E-state index contributed by atoms with van der Waals surface area (Å²) in [5, 5.41) is 2.84. The molecule has 0 aromatic heterocycles. The number of fused-ring (bicyclic) bond motifs is 1. The first-order chi connectivity index (χ1) is 13.4. The van der Waals surface area contributed by atoms with Gasteiger partial charge in [0.05, 0.1) is 5.69 Å². The summed E-state index contributed by atoms with van der Waals surface area (Å²) in [6.07, 6.45) is 2.79. The normalized spacial score (nSPS) is 16.2. The Morgan fingerprint density at radius 1 is 1.21 bits per heavy atom. The molecule has 1 N–H and O–H groups in total. The van der Waals surface area contributed by atoms with Crippen LogP contribution in [-0.2, 0) is 9.59 Å². The van der Waals surface area contributed by atoms with E-state index in [2.05, 4.69) is 31.3 Å². The van der Waals surface area contributed by atoms with Crippen LogP contribution in [-0.4, -0.2) is 24.5 Å². The Hall–Kier alpha value is -3.08. The highest BCUT2D eigenvalue weighted by atomic mass is 16.5. The molecule has 0 spiro atoms. The van der Waals surface area contributed by atoms with Crippen molar-refractivity contribution in [1.29, 1.82) is 0 Å². The first-order valence-corrected chi connectivity index (χ1v) is 9.60. The molecule has 1 unspecified atom stereocenters. The maximum absolute atomic E-state index is 12.3. The Morgan fingerprint density at radius 3 is 2.57 bits per heavy atom. The third kappa shape index (κ3) is 4.25. The zero-order valence-electron chi connectivity index (χ0n) is 16.7. The standard InChI is InChI=1S/C23H26N2O3/c1-5-25-20-14-19(11-12-21(20)28-16(4)23(25)27)24-22(26)13-8-17-6-9-18(10-7-17)15(2)3/h6-16H,5H2,1-4H3,(H,24,26)/b13-8+. The van der Waals surface area contributed by atoms with Gasteiger partial charge in [-0.3, -0.25) is 9.59 Å². The molecule has 2 aromatic carbocycles. The molecule has 2 aromatic rings. The summed E-state index contributed by atoms with van der Waals surface area (Å²) >= 11 is 0. The lowest BCUT2D eigenvalue weighted by Crippen LogP contribution is -2.44. The van der Waals surface area contributed by atoms with Gasteiger partial charge in [-0.2, -0.15) is 0 Å². The van der Waals surface area contributed by atoms with E-state index in [1.807, 2.05) is 19.1 Å². The van der Waals surface area contributed by atoms with Gasteiger partial charge in [0.25, 0.3) is 5.91 Å². The summed E-state index contributed by atoms with van der Waals surface area (Å²) in [6, 6.07) is 13.5. The van der Waals surface area contributed by atoms with Crippen LogP contribution in [0.3, 0.4) is 0 Å². The summed E-state index contributed by atoms with van der Waals surface area (Å²) in [4.78, 5) is 26.2. The lowest BCUT2D eigenvalue weighted by atomic mass is 10.0. The van der Waals surface area contributed by atoms with E-state index in [1.54, 1.807) is 36.1 Å². The van der Waals surface area contributed by atoms with Crippen molar-refractivity contribution in [3.8, 4) is 5.75 Å². The molecular formula is C23H26N2O3. The minimum atomic E-state index is -0.502. The van der Waals surface area contributed by atoms with E-state index < -0.39 is 6.10 Å². The number of nitrogens with one attached hydrogen (secondary N) is 1. The van der Waals surface area contributed by atoms with Crippen LogP contribution < -0.4 is 15.0 Å². The number of carbonyl (C=O) groups excluding carboxylic acids is 2. The molecule has 1 heterocycles. The molecule has 5 heteroatoms. The Labute approximate surface area is 166 Å². The number of rotatable bonds is 5. The Morgan fingerprint density at radius 2 is 1.93 bits per heavy atom. The molecular weight excluding hydrogens is 352 g/mol. The molecule has 3 rings (SSSR count). The van der Waals surface area contributed by atoms with Crippen LogP contribution >= 0.6 is 0 Å². The molecule has 2 amide bonds. The second-order valence-corrected chi connectivity index (χ2v) is 7.17. The van der Waals surface area contributed by atoms with Gasteiger partial charge >= 0.3 is 0 Å². The zero-order valence-corrected chi connectivity index (χ0v) is 16.7. The number of hydrogen-bond acceptors (Lipinski definition) is 3. The number of anilines is 2. The number of nitrogens with zero attached hydrogens (tertiary/aromatic N) is 1. The molecule has 0 radical (unpaired) electrons. The van der Waals surface area contributed by atoms with Crippen molar-refractivity contribution in [2.24, 2.45) is 0 Å². The van der Waals surface area contributed by atoms with Gasteiger partial charge in [-0.1, -0.05) is 38.1 Å². The van der Waals surface area contributed by atoms with Crippen LogP contribution in [0.25, 0.3) is 6.08 Å². The van der Waals surface area contributed by atoms with Crippen molar-refractivity contribution in [3.05, 3.63) is 59.7 Å². The molecule has 0 saturated heterocycles. The molecule has 1 atom stereocenters. The smallest absolute Gasteiger partial charge is 0.267 e. The van der Waals surface area contributed by atoms with Crippen LogP contribution in [0, 0.1) is 0 Å². The van der Waals surface area contributed by atoms with Crippen molar-refractivity contribution >= 4 is 29.3 Å². The van der Waals surface area contributed by atoms with Gasteiger partial charge in [0.1, 0.15) is 5.75 Å². The summed E-state index contributed by atoms with van der Waals surface area (Å²) in [5.74, 6) is 0.815. The molecule has 0 saturated carbocycles. The second-order valence-electron chi connectivity index (χ2n) is 7.17. The van der Waals surface area contributed by atoms with Crippen molar-refractivity contribution in [3.63, 3.8) is 0 Å². The fourth-order valence-electron chi connectivity index (χ4n) is 3.16. The fourth-order valence-corrected chi connectivity index (χ4v) is 3.16. The maximum Gasteiger partial charge on any atom is 0.267 e. The van der Waals surface area contributed by atoms with E-state index in [0.29, 0.717) is 29.6 Å². The van der Waals surface area contributed by atoms with Gasteiger partial charge in [-0.15, -0.1) is 0 Å². The van der Waals surface area contributed by atoms with Crippen LogP contribution in [0.15, 0.2) is 48.5 Å². The molecule has 1 aliphatic heterocycles. The highest BCUT2D eigenvalue weighted by Gasteiger charge is 2.30. The Bertz CT molecular complexity index is 901. The molecule has 28 heavy (non-hydrogen) atoms. The third-order valence-electron chi connectivity index (χ3n) is 4.78. The average molecular weight is 378 g/mol. The topological polar surface area (TPSA) is 58.6 Å². The van der Waals surface area contributed by atoms with Crippen LogP contribution in [0.1, 0.15) is 44.7 Å². The molecule has 0 aliphatic carbocycles. The summed E-state index contributed by atoms with van der Waals surface area (Å²) in [7, 11) is 0. The van der Waals surface area contributed by atoms with Crippen LogP contribution in [0.5, 0.6) is 5.75 Å². The summed E-state index contributed by atoms with van der Waals surface area (Å²) in [5.41, 5.74) is 3.53. The van der Waals surface area contributed by atoms with Crippen molar-refractivity contribution in [1.82, 2.24) is 0 Å². The number of likely N-dealkylation sites (N-methyl/N-ethyl adjacent to an activating group) is 1. The predicted molar refractivity (Wildman–Crippen MR) is 113 cm³/mol. The van der Waals surface area contributed by atoms with E-state index in [4.69, 9.17) is 4.74 Å². The lowest BCUT2D eigenvalue weighted by molar-refractivity contribution is -0.125. The molecule has 1 aliphatic rings. The number of carbonyl (C=O) groups is 2. The van der Waals surface area contributed by atoms with Gasteiger partial charge < -0.3 is 15.0 Å². The SMILES string of the molecule is CCN1C(=O)C(C)Oc2ccc(NC(=O)/C=C/c3ccc(C(C)C)cc3)cc21. The van der Waals surface area contributed by atoms with Gasteiger partial charge in [-0.25, -0.2) is 0 Å². The molecule has 146 valence electrons. The zero-order chi connectivity index (χ0) is 20.3. The first kappa shape index (κ1) is 19.7. The van der Waals surface area contributed by atoms with E-state index in [1.165, 1.54) is 11.6 Å². The third-order valence-corrected chi connectivity index (χ3v) is 4.78. The minimum absolute atomic E-state index is 0.0804. The number of ether oxygens (including phenoxy) is 1. The monoisotopic (exact) mass is 378 g/mol. The van der Waals surface area contributed by atoms with Gasteiger partial charge in [0.15, 0.2) is 6.10 Å². The number of hydrogen-bond donors (Lipinski definition) is 1. The molecule has 5 nitrogen and oxygen atoms in total. The number of benzene rings is 2. The highest BCUT2D eigenvalue weighted by Crippen LogP contribution is 2.36. The average Bonchev–Trinajstić information content (AvgIpc) is 2.68. The van der Waals surface area contributed by atoms with E-state index in [0.717, 1.165) is 5.56 Å². The highest BCUT2D eigenvalue weighted by molar-refractivity contribution is 6.04. The van der Waals surface area contributed by atoms with Crippen molar-refractivity contribution < 1.29 is 14.3 Å². The van der Waals surface area contributed by atoms with E-state index in [9.17, 15) is 9.59 Å². The van der Waals surface area contributed by atoms with Gasteiger partial charge in [0.2, 0.25) is 5.91 Å². The van der Waals surface area contributed by atoms with Crippen molar-refractivity contribution in [2.75, 3.05) is 16.8 Å². The molecule has 0 fully saturated rings. The maximum atomic E-state index is 12.3. The van der Waals surface area contributed by atoms with Gasteiger partial charge in [0, 0.05) is 18.3 Å². The Kier molecular flexibility index (Phi) is 5.83.